The first-order valence-electron chi connectivity index (χ1n) is 1.86. The summed E-state index contributed by atoms with van der Waals surface area (Å²) >= 11 is 6.37. The Morgan fingerprint density at radius 2 is 2.00 bits per heavy atom. The standard InChI is InChI=1S/C3H7Br2N/c1-2-3-6(4)5/h2-3H2,1H3/q+1. The summed E-state index contributed by atoms with van der Waals surface area (Å²) in [6, 6.07) is 0. The lowest BCUT2D eigenvalue weighted by atomic mass is 10.5. The van der Waals surface area contributed by atoms with Gasteiger partial charge in [-0.25, -0.2) is 0 Å². The highest BCUT2D eigenvalue weighted by Gasteiger charge is 2.00. The van der Waals surface area contributed by atoms with Gasteiger partial charge in [-0.15, -0.1) is 0 Å². The first-order chi connectivity index (χ1) is 2.77. The van der Waals surface area contributed by atoms with E-state index in [1.807, 2.05) is 0 Å². The number of hydrogen-bond donors (Lipinski definition) is 0. The lowest BCUT2D eigenvalue weighted by Gasteiger charge is -1.82. The first kappa shape index (κ1) is 6.92. The fourth-order valence-electron chi connectivity index (χ4n) is 0.169. The predicted octanol–water partition coefficient (Wildman–Crippen LogP) is 2.16. The monoisotopic (exact) mass is 215 g/mol. The van der Waals surface area contributed by atoms with Crippen molar-refractivity contribution in [2.24, 2.45) is 0 Å². The smallest absolute Gasteiger partial charge is 0.0598 e. The molecule has 6 heavy (non-hydrogen) atoms. The lowest BCUT2D eigenvalue weighted by molar-refractivity contribution is 0.846. The van der Waals surface area contributed by atoms with Crippen molar-refractivity contribution in [3.8, 4) is 0 Å². The normalized spacial score (nSPS) is 10.0. The van der Waals surface area contributed by atoms with Gasteiger partial charge in [-0.05, 0) is 2.95 Å². The van der Waals surface area contributed by atoms with Crippen LogP contribution >= 0.6 is 32.3 Å². The summed E-state index contributed by atoms with van der Waals surface area (Å²) in [6.45, 7) is 3.16. The molecule has 37 valence electrons. The quantitative estimate of drug-likeness (QED) is 0.625. The van der Waals surface area contributed by atoms with E-state index in [9.17, 15) is 0 Å². The molecule has 0 heterocycles. The van der Waals surface area contributed by atoms with Gasteiger partial charge in [0.25, 0.3) is 0 Å². The molecule has 0 fully saturated rings. The van der Waals surface area contributed by atoms with E-state index in [1.165, 1.54) is 0 Å². The molecule has 0 bridgehead atoms. The minimum atomic E-state index is 1.04. The van der Waals surface area contributed by atoms with Gasteiger partial charge in [0, 0.05) is 6.42 Å². The van der Waals surface area contributed by atoms with Gasteiger partial charge in [-0.2, -0.15) is 0 Å². The second kappa shape index (κ2) is 4.09. The largest absolute Gasteiger partial charge is 0.300 e. The Morgan fingerprint density at radius 3 is 2.00 bits per heavy atom. The van der Waals surface area contributed by atoms with Crippen LogP contribution in [-0.4, -0.2) is 6.54 Å². The van der Waals surface area contributed by atoms with Gasteiger partial charge in [-0.1, -0.05) is 6.92 Å². The van der Waals surface area contributed by atoms with Gasteiger partial charge >= 0.3 is 32.3 Å². The molecule has 0 aliphatic carbocycles. The molecule has 0 atom stereocenters. The van der Waals surface area contributed by atoms with Crippen molar-refractivity contribution in [3.05, 3.63) is 0 Å². The Kier molecular flexibility index (Phi) is 4.72. The van der Waals surface area contributed by atoms with Crippen LogP contribution in [0.25, 0.3) is 0 Å². The summed E-state index contributed by atoms with van der Waals surface area (Å²) in [5.74, 6) is 0. The van der Waals surface area contributed by atoms with E-state index in [2.05, 4.69) is 39.2 Å². The van der Waals surface area contributed by atoms with Crippen molar-refractivity contribution in [2.45, 2.75) is 13.3 Å². The van der Waals surface area contributed by atoms with E-state index in [0.717, 1.165) is 13.0 Å². The van der Waals surface area contributed by atoms with Crippen LogP contribution in [0.15, 0.2) is 0 Å². The van der Waals surface area contributed by atoms with Crippen molar-refractivity contribution in [1.29, 1.82) is 0 Å². The van der Waals surface area contributed by atoms with E-state index < -0.39 is 0 Å². The summed E-state index contributed by atoms with van der Waals surface area (Å²) in [6.07, 6.45) is 1.16. The molecule has 1 radical (unpaired) electrons. The first-order valence-corrected chi connectivity index (χ1v) is 3.28. The third-order valence-electron chi connectivity index (χ3n) is 0.393. The van der Waals surface area contributed by atoms with E-state index in [1.54, 1.807) is 2.95 Å². The fraction of sp³-hybridized carbons (Fsp3) is 1.00. The third-order valence-corrected chi connectivity index (χ3v) is 1.10. The molecule has 0 rings (SSSR count). The summed E-state index contributed by atoms with van der Waals surface area (Å²) in [5.41, 5.74) is 0. The maximum atomic E-state index is 3.18. The molecule has 0 aromatic carbocycles. The van der Waals surface area contributed by atoms with Gasteiger partial charge in [0.1, 0.15) is 6.54 Å². The van der Waals surface area contributed by atoms with Crippen LogP contribution in [-0.2, 0) is 0 Å². The number of halogens is 2. The topological polar surface area (TPSA) is 5.90 Å². The lowest BCUT2D eigenvalue weighted by Crippen LogP contribution is -2.01. The molecular formula is C3H7Br2N+. The highest BCUT2D eigenvalue weighted by Crippen LogP contribution is 1.99. The van der Waals surface area contributed by atoms with Crippen molar-refractivity contribution in [3.63, 3.8) is 0 Å². The summed E-state index contributed by atoms with van der Waals surface area (Å²) in [7, 11) is 0. The molecule has 0 unspecified atom stereocenters. The molecular weight excluding hydrogens is 210 g/mol. The van der Waals surface area contributed by atoms with Gasteiger partial charge < -0.3 is 0 Å². The van der Waals surface area contributed by atoms with Crippen LogP contribution in [0.2, 0.25) is 0 Å². The number of hydrogen-bond acceptors (Lipinski definition) is 1. The van der Waals surface area contributed by atoms with Crippen LogP contribution in [0.4, 0.5) is 0 Å². The number of nitrogens with zero attached hydrogens (tertiary/aromatic N) is 1. The highest BCUT2D eigenvalue weighted by molar-refractivity contribution is 9.22. The average Bonchev–Trinajstić information content (AvgIpc) is 1.35. The van der Waals surface area contributed by atoms with Crippen LogP contribution in [0.3, 0.4) is 0 Å². The molecule has 0 saturated carbocycles. The van der Waals surface area contributed by atoms with Crippen LogP contribution in [0.1, 0.15) is 13.3 Å². The van der Waals surface area contributed by atoms with Crippen molar-refractivity contribution < 1.29 is 0 Å². The molecule has 1 nitrogen and oxygen atoms in total. The van der Waals surface area contributed by atoms with E-state index in [4.69, 9.17) is 0 Å². The molecule has 0 saturated heterocycles. The minimum absolute atomic E-state index is 1.04. The van der Waals surface area contributed by atoms with Gasteiger partial charge in [-0.3, -0.25) is 0 Å². The number of rotatable bonds is 2. The predicted molar refractivity (Wildman–Crippen MR) is 35.1 cm³/mol. The van der Waals surface area contributed by atoms with Crippen LogP contribution in [0.5, 0.6) is 0 Å². The SMILES string of the molecule is CCC[N+](Br)Br. The summed E-state index contributed by atoms with van der Waals surface area (Å²) in [4.78, 5) is 0. The minimum Gasteiger partial charge on any atom is -0.0598 e. The third kappa shape index (κ3) is 4.92. The molecule has 3 heteroatoms. The van der Waals surface area contributed by atoms with Crippen LogP contribution in [0, 0.1) is 0 Å². The average molecular weight is 217 g/mol. The van der Waals surface area contributed by atoms with Gasteiger partial charge in [0.15, 0.2) is 0 Å². The molecule has 0 aliphatic rings. The molecule has 0 spiro atoms. The van der Waals surface area contributed by atoms with Crippen molar-refractivity contribution in [1.82, 2.24) is 2.95 Å². The zero-order valence-electron chi connectivity index (χ0n) is 3.62. The van der Waals surface area contributed by atoms with E-state index in [-0.39, 0.29) is 0 Å². The summed E-state index contributed by atoms with van der Waals surface area (Å²) in [5, 5.41) is 0. The Morgan fingerprint density at radius 1 is 1.50 bits per heavy atom. The highest BCUT2D eigenvalue weighted by atomic mass is 79.9. The van der Waals surface area contributed by atoms with E-state index >= 15 is 0 Å². The molecule has 0 aromatic rings. The van der Waals surface area contributed by atoms with Gasteiger partial charge in [0.2, 0.25) is 0 Å². The molecule has 0 aromatic heterocycles. The fourth-order valence-corrected chi connectivity index (χ4v) is 0.878. The molecule has 0 aliphatic heterocycles. The Hall–Kier alpha value is 0.920. The van der Waals surface area contributed by atoms with Gasteiger partial charge in [0.05, 0.1) is 0 Å². The Balaban J connectivity index is 2.63. The van der Waals surface area contributed by atoms with Crippen molar-refractivity contribution >= 4 is 32.3 Å². The maximum Gasteiger partial charge on any atom is 0.300 e. The Bertz CT molecular complexity index is 30.0. The zero-order chi connectivity index (χ0) is 4.99. The van der Waals surface area contributed by atoms with E-state index in [0.29, 0.717) is 0 Å². The summed E-state index contributed by atoms with van der Waals surface area (Å²) < 4.78 is 1.81. The van der Waals surface area contributed by atoms with Crippen LogP contribution < -0.4 is 2.95 Å². The van der Waals surface area contributed by atoms with Crippen molar-refractivity contribution in [2.75, 3.05) is 6.54 Å². The molecule has 0 amide bonds. The Labute approximate surface area is 55.4 Å². The molecule has 0 N–H and O–H groups in total. The maximum absolute atomic E-state index is 3.18. The second-order valence-electron chi connectivity index (χ2n) is 1.03. The second-order valence-corrected chi connectivity index (χ2v) is 3.69. The zero-order valence-corrected chi connectivity index (χ0v) is 6.79.